The summed E-state index contributed by atoms with van der Waals surface area (Å²) in [5, 5.41) is 3.99. The van der Waals surface area contributed by atoms with Gasteiger partial charge in [0.05, 0.1) is 17.6 Å². The van der Waals surface area contributed by atoms with E-state index in [1.165, 1.54) is 16.1 Å². The van der Waals surface area contributed by atoms with E-state index in [-0.39, 0.29) is 6.54 Å². The quantitative estimate of drug-likeness (QED) is 0.866. The topological polar surface area (TPSA) is 24.3 Å². The minimum absolute atomic E-state index is 0.348. The largest absolute Gasteiger partial charge is 0.371 e. The van der Waals surface area contributed by atoms with Crippen molar-refractivity contribution in [2.24, 2.45) is 0 Å². The monoisotopic (exact) mass is 292 g/mol. The molecule has 1 aromatic heterocycles. The maximum Gasteiger partial charge on any atom is 0.257 e. The first-order valence-electron chi connectivity index (χ1n) is 6.98. The van der Waals surface area contributed by atoms with Crippen LogP contribution in [-0.2, 0) is 13.1 Å². The van der Waals surface area contributed by atoms with Crippen molar-refractivity contribution in [1.29, 1.82) is 0 Å². The molecule has 0 atom stereocenters. The molecule has 0 bridgehead atoms. The summed E-state index contributed by atoms with van der Waals surface area (Å²) in [7, 11) is 2.08. The minimum atomic E-state index is -2.37. The van der Waals surface area contributed by atoms with Gasteiger partial charge >= 0.3 is 0 Å². The van der Waals surface area contributed by atoms with Gasteiger partial charge in [0.1, 0.15) is 6.54 Å². The Kier molecular flexibility index (Phi) is 3.77. The van der Waals surface area contributed by atoms with Gasteiger partial charge in [-0.1, -0.05) is 12.1 Å². The summed E-state index contributed by atoms with van der Waals surface area (Å²) in [6, 6.07) is 8.24. The van der Waals surface area contributed by atoms with Crippen molar-refractivity contribution in [2.45, 2.75) is 19.5 Å². The van der Waals surface area contributed by atoms with Crippen LogP contribution in [0.1, 0.15) is 5.56 Å². The highest BCUT2D eigenvalue weighted by Crippen LogP contribution is 2.32. The third-order valence-corrected chi connectivity index (χ3v) is 3.72. The van der Waals surface area contributed by atoms with E-state index in [2.05, 4.69) is 34.1 Å². The number of fused-ring (bicyclic) bond motifs is 1. The van der Waals surface area contributed by atoms with E-state index in [0.29, 0.717) is 6.54 Å². The summed E-state index contributed by atoms with van der Waals surface area (Å²) in [4.78, 5) is 4.49. The molecule has 2 aromatic rings. The van der Waals surface area contributed by atoms with Crippen LogP contribution in [0.5, 0.6) is 0 Å². The van der Waals surface area contributed by atoms with Crippen molar-refractivity contribution in [2.75, 3.05) is 29.9 Å². The van der Waals surface area contributed by atoms with Crippen molar-refractivity contribution >= 4 is 11.4 Å². The van der Waals surface area contributed by atoms with Crippen LogP contribution in [0.3, 0.4) is 0 Å². The maximum absolute atomic E-state index is 12.4. The smallest absolute Gasteiger partial charge is 0.257 e. The van der Waals surface area contributed by atoms with Crippen LogP contribution in [0, 0.1) is 0 Å². The van der Waals surface area contributed by atoms with Gasteiger partial charge in [-0.25, -0.2) is 8.78 Å². The van der Waals surface area contributed by atoms with Gasteiger partial charge in [0.2, 0.25) is 0 Å². The zero-order valence-electron chi connectivity index (χ0n) is 11.9. The molecule has 0 fully saturated rings. The molecule has 1 aromatic carbocycles. The Morgan fingerprint density at radius 3 is 2.71 bits per heavy atom. The van der Waals surface area contributed by atoms with Gasteiger partial charge in [-0.2, -0.15) is 5.10 Å². The Morgan fingerprint density at radius 1 is 1.19 bits per heavy atom. The van der Waals surface area contributed by atoms with Crippen LogP contribution in [-0.4, -0.2) is 36.3 Å². The lowest BCUT2D eigenvalue weighted by atomic mass is 10.1. The van der Waals surface area contributed by atoms with E-state index in [0.717, 1.165) is 18.7 Å². The number of hydrogen-bond donors (Lipinski definition) is 0. The number of hydrogen-bond acceptors (Lipinski definition) is 3. The Bertz CT molecular complexity index is 611. The van der Waals surface area contributed by atoms with Gasteiger partial charge in [-0.15, -0.1) is 0 Å². The highest BCUT2D eigenvalue weighted by Gasteiger charge is 2.20. The zero-order chi connectivity index (χ0) is 14.8. The average molecular weight is 292 g/mol. The first kappa shape index (κ1) is 13.9. The highest BCUT2D eigenvalue weighted by atomic mass is 19.3. The van der Waals surface area contributed by atoms with Crippen molar-refractivity contribution in [3.05, 3.63) is 42.2 Å². The number of halogens is 2. The van der Waals surface area contributed by atoms with E-state index in [1.54, 1.807) is 12.4 Å². The Hall–Kier alpha value is -2.11. The number of benzene rings is 1. The van der Waals surface area contributed by atoms with Crippen LogP contribution in [0.25, 0.3) is 0 Å². The van der Waals surface area contributed by atoms with E-state index in [4.69, 9.17) is 0 Å². The number of aromatic nitrogens is 2. The molecule has 3 rings (SSSR count). The van der Waals surface area contributed by atoms with Gasteiger partial charge in [-0.3, -0.25) is 4.68 Å². The van der Waals surface area contributed by atoms with Crippen molar-refractivity contribution < 1.29 is 8.78 Å². The first-order chi connectivity index (χ1) is 10.1. The second-order valence-corrected chi connectivity index (χ2v) is 5.29. The van der Waals surface area contributed by atoms with Crippen molar-refractivity contribution in [1.82, 2.24) is 9.78 Å². The van der Waals surface area contributed by atoms with Crippen LogP contribution in [0.4, 0.5) is 20.2 Å². The molecule has 21 heavy (non-hydrogen) atoms. The lowest BCUT2D eigenvalue weighted by Gasteiger charge is -2.36. The van der Waals surface area contributed by atoms with Crippen LogP contribution >= 0.6 is 0 Å². The van der Waals surface area contributed by atoms with Gasteiger partial charge < -0.3 is 9.80 Å². The zero-order valence-corrected chi connectivity index (χ0v) is 11.9. The molecular formula is C15H18F2N4. The molecule has 4 nitrogen and oxygen atoms in total. The second-order valence-electron chi connectivity index (χ2n) is 5.29. The standard InChI is InChI=1S/C15H18F2N4/c1-19-6-7-20(14-5-3-2-4-13(14)19)9-12-8-18-21(10-12)11-15(16)17/h2-5,8,10,15H,6-7,9,11H2,1H3. The minimum Gasteiger partial charge on any atom is -0.371 e. The van der Waals surface area contributed by atoms with E-state index in [1.807, 2.05) is 12.1 Å². The maximum atomic E-state index is 12.4. The normalized spacial score (nSPS) is 14.7. The molecule has 0 aliphatic carbocycles. The molecular weight excluding hydrogens is 274 g/mol. The number of likely N-dealkylation sites (N-methyl/N-ethyl adjacent to an activating group) is 1. The second kappa shape index (κ2) is 5.71. The number of rotatable bonds is 4. The molecule has 1 aliphatic rings. The Labute approximate surface area is 122 Å². The average Bonchev–Trinajstić information content (AvgIpc) is 2.89. The first-order valence-corrected chi connectivity index (χ1v) is 6.98. The van der Waals surface area contributed by atoms with Gasteiger partial charge in [0, 0.05) is 38.4 Å². The molecule has 0 radical (unpaired) electrons. The molecule has 0 amide bonds. The summed E-state index contributed by atoms with van der Waals surface area (Å²) < 4.78 is 26.0. The lowest BCUT2D eigenvalue weighted by Crippen LogP contribution is -2.38. The fourth-order valence-corrected chi connectivity index (χ4v) is 2.68. The summed E-state index contributed by atoms with van der Waals surface area (Å²) in [5.41, 5.74) is 3.33. The molecule has 112 valence electrons. The lowest BCUT2D eigenvalue weighted by molar-refractivity contribution is 0.122. The molecule has 0 saturated heterocycles. The van der Waals surface area contributed by atoms with Crippen molar-refractivity contribution in [3.63, 3.8) is 0 Å². The fourth-order valence-electron chi connectivity index (χ4n) is 2.68. The molecule has 6 heteroatoms. The highest BCUT2D eigenvalue weighted by molar-refractivity contribution is 5.73. The van der Waals surface area contributed by atoms with Crippen molar-refractivity contribution in [3.8, 4) is 0 Å². The fraction of sp³-hybridized carbons (Fsp3) is 0.400. The van der Waals surface area contributed by atoms with E-state index < -0.39 is 6.43 Å². The Morgan fingerprint density at radius 2 is 1.95 bits per heavy atom. The molecule has 0 unspecified atom stereocenters. The predicted octanol–water partition coefficient (Wildman–Crippen LogP) is 2.60. The molecule has 2 heterocycles. The predicted molar refractivity (Wildman–Crippen MR) is 79.0 cm³/mol. The summed E-state index contributed by atoms with van der Waals surface area (Å²) in [6.07, 6.45) is 0.998. The summed E-state index contributed by atoms with van der Waals surface area (Å²) >= 11 is 0. The Balaban J connectivity index is 1.76. The number of anilines is 2. The third-order valence-electron chi connectivity index (χ3n) is 3.72. The summed E-state index contributed by atoms with van der Waals surface area (Å²) in [6.45, 7) is 2.20. The molecule has 0 saturated carbocycles. The van der Waals surface area contributed by atoms with Crippen LogP contribution in [0.15, 0.2) is 36.7 Å². The number of alkyl halides is 2. The van der Waals surface area contributed by atoms with E-state index in [9.17, 15) is 8.78 Å². The van der Waals surface area contributed by atoms with Gasteiger partial charge in [0.15, 0.2) is 0 Å². The van der Waals surface area contributed by atoms with E-state index >= 15 is 0 Å². The number of nitrogens with zero attached hydrogens (tertiary/aromatic N) is 4. The van der Waals surface area contributed by atoms with Crippen LogP contribution in [0.2, 0.25) is 0 Å². The summed E-state index contributed by atoms with van der Waals surface area (Å²) in [5.74, 6) is 0. The number of para-hydroxylation sites is 2. The van der Waals surface area contributed by atoms with Gasteiger partial charge in [0.25, 0.3) is 6.43 Å². The molecule has 1 aliphatic heterocycles. The molecule has 0 spiro atoms. The van der Waals surface area contributed by atoms with Gasteiger partial charge in [-0.05, 0) is 12.1 Å². The van der Waals surface area contributed by atoms with Crippen LogP contribution < -0.4 is 9.80 Å². The SMILES string of the molecule is CN1CCN(Cc2cnn(CC(F)F)c2)c2ccccc21. The third kappa shape index (κ3) is 2.99. The molecule has 0 N–H and O–H groups in total.